The van der Waals surface area contributed by atoms with Crippen LogP contribution < -0.4 is 0 Å². The molecule has 3 nitrogen and oxygen atoms in total. The molecule has 1 rings (SSSR count). The monoisotopic (exact) mass is 216 g/mol. The lowest BCUT2D eigenvalue weighted by Gasteiger charge is -2.06. The number of benzene rings is 1. The van der Waals surface area contributed by atoms with E-state index in [1.807, 2.05) is 0 Å². The first-order valence-electron chi connectivity index (χ1n) is 4.35. The Labute approximate surface area is 85.0 Å². The maximum atomic E-state index is 13.0. The number of aryl methyl sites for hydroxylation is 1. The summed E-state index contributed by atoms with van der Waals surface area (Å²) in [7, 11) is 0. The Balaban J connectivity index is 2.62. The Morgan fingerprint density at radius 3 is 2.60 bits per heavy atom. The van der Waals surface area contributed by atoms with Crippen molar-refractivity contribution < 1.29 is 23.8 Å². The maximum absolute atomic E-state index is 13.0. The molecule has 1 aromatic rings. The molecule has 5 heteroatoms. The lowest BCUT2D eigenvalue weighted by molar-refractivity contribution is -0.146. The smallest absolute Gasteiger partial charge is 0.332 e. The van der Waals surface area contributed by atoms with Gasteiger partial charge >= 0.3 is 5.97 Å². The van der Waals surface area contributed by atoms with E-state index in [-0.39, 0.29) is 18.4 Å². The number of carbonyl (C=O) groups is 1. The zero-order valence-electron chi connectivity index (χ0n) is 7.78. The van der Waals surface area contributed by atoms with Crippen LogP contribution in [0.2, 0.25) is 0 Å². The predicted molar refractivity (Wildman–Crippen MR) is 48.3 cm³/mol. The summed E-state index contributed by atoms with van der Waals surface area (Å²) in [5.74, 6) is -2.76. The Morgan fingerprint density at radius 2 is 2.07 bits per heavy atom. The number of carboxylic acids is 1. The van der Waals surface area contributed by atoms with E-state index >= 15 is 0 Å². The fourth-order valence-electron chi connectivity index (χ4n) is 1.14. The minimum Gasteiger partial charge on any atom is -0.479 e. The molecule has 0 radical (unpaired) electrons. The number of halogens is 2. The van der Waals surface area contributed by atoms with Gasteiger partial charge < -0.3 is 10.2 Å². The Bertz CT molecular complexity index is 366. The minimum atomic E-state index is -1.52. The number of aliphatic carboxylic acids is 1. The summed E-state index contributed by atoms with van der Waals surface area (Å²) < 4.78 is 25.5. The van der Waals surface area contributed by atoms with Gasteiger partial charge in [-0.25, -0.2) is 13.6 Å². The minimum absolute atomic E-state index is 0.0551. The zero-order chi connectivity index (χ0) is 11.4. The van der Waals surface area contributed by atoms with Crippen molar-refractivity contribution in [3.05, 3.63) is 35.4 Å². The van der Waals surface area contributed by atoms with E-state index < -0.39 is 23.7 Å². The summed E-state index contributed by atoms with van der Waals surface area (Å²) >= 11 is 0. The third kappa shape index (κ3) is 3.28. The molecule has 0 saturated carbocycles. The molecular formula is C10H10F2O3. The first kappa shape index (κ1) is 11.6. The van der Waals surface area contributed by atoms with Crippen LogP contribution in [0.3, 0.4) is 0 Å². The zero-order valence-corrected chi connectivity index (χ0v) is 7.78. The van der Waals surface area contributed by atoms with Crippen molar-refractivity contribution >= 4 is 5.97 Å². The van der Waals surface area contributed by atoms with Crippen molar-refractivity contribution in [3.63, 3.8) is 0 Å². The third-order valence-electron chi connectivity index (χ3n) is 1.99. The summed E-state index contributed by atoms with van der Waals surface area (Å²) in [4.78, 5) is 10.3. The van der Waals surface area contributed by atoms with Crippen LogP contribution in [-0.2, 0) is 11.2 Å². The average molecular weight is 216 g/mol. The predicted octanol–water partition coefficient (Wildman–Crippen LogP) is 1.34. The third-order valence-corrected chi connectivity index (χ3v) is 1.99. The van der Waals surface area contributed by atoms with Gasteiger partial charge in [0.05, 0.1) is 0 Å². The number of hydrogen-bond acceptors (Lipinski definition) is 2. The second-order valence-electron chi connectivity index (χ2n) is 3.13. The van der Waals surface area contributed by atoms with Gasteiger partial charge in [0.1, 0.15) is 11.6 Å². The molecule has 0 aliphatic rings. The molecule has 1 atom stereocenters. The highest BCUT2D eigenvalue weighted by Crippen LogP contribution is 2.12. The molecule has 0 spiro atoms. The second kappa shape index (κ2) is 4.84. The summed E-state index contributed by atoms with van der Waals surface area (Å²) in [6.45, 7) is 0. The molecule has 0 saturated heterocycles. The molecule has 0 fully saturated rings. The van der Waals surface area contributed by atoms with Gasteiger partial charge in [-0.2, -0.15) is 0 Å². The fourth-order valence-corrected chi connectivity index (χ4v) is 1.14. The van der Waals surface area contributed by atoms with Crippen LogP contribution in [0.1, 0.15) is 12.0 Å². The van der Waals surface area contributed by atoms with Gasteiger partial charge in [0.25, 0.3) is 0 Å². The molecule has 1 unspecified atom stereocenters. The molecule has 0 aliphatic heterocycles. The molecule has 0 amide bonds. The van der Waals surface area contributed by atoms with Crippen LogP contribution in [0, 0.1) is 11.6 Å². The summed E-state index contributed by atoms with van der Waals surface area (Å²) in [6, 6.07) is 3.05. The van der Waals surface area contributed by atoms with Crippen molar-refractivity contribution in [2.45, 2.75) is 18.9 Å². The van der Waals surface area contributed by atoms with Crippen LogP contribution in [-0.4, -0.2) is 22.3 Å². The van der Waals surface area contributed by atoms with Crippen LogP contribution in [0.25, 0.3) is 0 Å². The standard InChI is InChI=1S/C10H10F2O3/c11-7-3-1-6(8(12)5-7)2-4-9(13)10(14)15/h1,3,5,9,13H,2,4H2,(H,14,15). The van der Waals surface area contributed by atoms with E-state index in [4.69, 9.17) is 10.2 Å². The first-order valence-corrected chi connectivity index (χ1v) is 4.35. The number of hydrogen-bond donors (Lipinski definition) is 2. The van der Waals surface area contributed by atoms with E-state index in [1.54, 1.807) is 0 Å². The van der Waals surface area contributed by atoms with E-state index in [0.29, 0.717) is 0 Å². The molecule has 0 heterocycles. The number of rotatable bonds is 4. The highest BCUT2D eigenvalue weighted by molar-refractivity contribution is 5.71. The SMILES string of the molecule is O=C(O)C(O)CCc1ccc(F)cc1F. The van der Waals surface area contributed by atoms with Gasteiger partial charge in [0, 0.05) is 6.07 Å². The van der Waals surface area contributed by atoms with Gasteiger partial charge in [-0.1, -0.05) is 6.07 Å². The molecule has 82 valence electrons. The van der Waals surface area contributed by atoms with Crippen molar-refractivity contribution in [1.29, 1.82) is 0 Å². The molecular weight excluding hydrogens is 206 g/mol. The van der Waals surface area contributed by atoms with E-state index in [2.05, 4.69) is 0 Å². The maximum Gasteiger partial charge on any atom is 0.332 e. The summed E-state index contributed by atoms with van der Waals surface area (Å²) in [5, 5.41) is 17.3. The largest absolute Gasteiger partial charge is 0.479 e. The molecule has 0 bridgehead atoms. The van der Waals surface area contributed by atoms with Crippen LogP contribution in [0.15, 0.2) is 18.2 Å². The van der Waals surface area contributed by atoms with Crippen molar-refractivity contribution in [2.75, 3.05) is 0 Å². The Morgan fingerprint density at radius 1 is 1.40 bits per heavy atom. The van der Waals surface area contributed by atoms with Crippen molar-refractivity contribution in [1.82, 2.24) is 0 Å². The van der Waals surface area contributed by atoms with E-state index in [0.717, 1.165) is 12.1 Å². The van der Waals surface area contributed by atoms with Crippen LogP contribution >= 0.6 is 0 Å². The van der Waals surface area contributed by atoms with Crippen molar-refractivity contribution in [3.8, 4) is 0 Å². The molecule has 0 aromatic heterocycles. The molecule has 15 heavy (non-hydrogen) atoms. The van der Waals surface area contributed by atoms with Crippen LogP contribution in [0.4, 0.5) is 8.78 Å². The van der Waals surface area contributed by atoms with Gasteiger partial charge in [-0.3, -0.25) is 0 Å². The lowest BCUT2D eigenvalue weighted by atomic mass is 10.1. The fraction of sp³-hybridized carbons (Fsp3) is 0.300. The lowest BCUT2D eigenvalue weighted by Crippen LogP contribution is -2.20. The van der Waals surface area contributed by atoms with Gasteiger partial charge in [-0.15, -0.1) is 0 Å². The number of carboxylic acid groups (broad SMARTS) is 1. The van der Waals surface area contributed by atoms with Crippen molar-refractivity contribution in [2.24, 2.45) is 0 Å². The molecule has 2 N–H and O–H groups in total. The Kier molecular flexibility index (Phi) is 3.74. The van der Waals surface area contributed by atoms with Gasteiger partial charge in [-0.05, 0) is 24.5 Å². The van der Waals surface area contributed by atoms with E-state index in [1.165, 1.54) is 6.07 Å². The van der Waals surface area contributed by atoms with E-state index in [9.17, 15) is 13.6 Å². The number of aliphatic hydroxyl groups excluding tert-OH is 1. The number of aliphatic hydroxyl groups is 1. The first-order chi connectivity index (χ1) is 7.00. The second-order valence-corrected chi connectivity index (χ2v) is 3.13. The normalized spacial score (nSPS) is 12.5. The highest BCUT2D eigenvalue weighted by Gasteiger charge is 2.14. The molecule has 0 aliphatic carbocycles. The highest BCUT2D eigenvalue weighted by atomic mass is 19.1. The molecule has 1 aromatic carbocycles. The Hall–Kier alpha value is -1.49. The van der Waals surface area contributed by atoms with Crippen LogP contribution in [0.5, 0.6) is 0 Å². The van der Waals surface area contributed by atoms with Gasteiger partial charge in [0.15, 0.2) is 6.10 Å². The quantitative estimate of drug-likeness (QED) is 0.798. The summed E-state index contributed by atoms with van der Waals surface area (Å²) in [5.41, 5.74) is 0.191. The summed E-state index contributed by atoms with van der Waals surface area (Å²) in [6.07, 6.45) is -1.56. The average Bonchev–Trinajstić information content (AvgIpc) is 2.15. The van der Waals surface area contributed by atoms with Gasteiger partial charge in [0.2, 0.25) is 0 Å². The topological polar surface area (TPSA) is 57.5 Å².